The van der Waals surface area contributed by atoms with Gasteiger partial charge in [-0.1, -0.05) is 26.7 Å². The number of hydrogen-bond acceptors (Lipinski definition) is 5. The van der Waals surface area contributed by atoms with Crippen LogP contribution < -0.4 is 0 Å². The summed E-state index contributed by atoms with van der Waals surface area (Å²) >= 11 is 0. The fraction of sp³-hybridized carbons (Fsp3) is 0.824. The van der Waals surface area contributed by atoms with Crippen LogP contribution in [-0.4, -0.2) is 55.4 Å². The highest BCUT2D eigenvalue weighted by molar-refractivity contribution is 7.85. The molecule has 1 aliphatic rings. The summed E-state index contributed by atoms with van der Waals surface area (Å²) in [6.45, 7) is 12.3. The summed E-state index contributed by atoms with van der Waals surface area (Å²) in [5, 5.41) is 0. The molecule has 0 bridgehead atoms. The first-order chi connectivity index (χ1) is 11.2. The zero-order chi connectivity index (χ0) is 18.6. The van der Waals surface area contributed by atoms with E-state index in [0.29, 0.717) is 12.0 Å². The second kappa shape index (κ2) is 11.6. The molecule has 0 saturated carbocycles. The van der Waals surface area contributed by atoms with Gasteiger partial charge in [-0.3, -0.25) is 0 Å². The Morgan fingerprint density at radius 2 is 1.50 bits per heavy atom. The van der Waals surface area contributed by atoms with Crippen molar-refractivity contribution in [2.75, 3.05) is 31.9 Å². The Balaban J connectivity index is 0.000000728. The van der Waals surface area contributed by atoms with Gasteiger partial charge in [0, 0.05) is 12.2 Å². The highest BCUT2D eigenvalue weighted by atomic mass is 32.2. The van der Waals surface area contributed by atoms with Crippen molar-refractivity contribution in [1.82, 2.24) is 0 Å². The first-order valence-electron chi connectivity index (χ1n) is 8.86. The predicted molar refractivity (Wildman–Crippen MR) is 94.2 cm³/mol. The molecule has 0 unspecified atom stereocenters. The van der Waals surface area contributed by atoms with Crippen LogP contribution in [0.4, 0.5) is 0 Å². The largest absolute Gasteiger partial charge is 0.748 e. The van der Waals surface area contributed by atoms with Crippen molar-refractivity contribution in [3.63, 3.8) is 0 Å². The Kier molecular flexibility index (Phi) is 11.2. The number of ether oxygens (including phenoxy) is 1. The predicted octanol–water partition coefficient (Wildman–Crippen LogP) is 2.81. The van der Waals surface area contributed by atoms with Crippen molar-refractivity contribution >= 4 is 16.1 Å². The molecule has 0 aromatic heterocycles. The second-order valence-corrected chi connectivity index (χ2v) is 7.88. The van der Waals surface area contributed by atoms with E-state index in [-0.39, 0.29) is 11.7 Å². The highest BCUT2D eigenvalue weighted by Crippen LogP contribution is 2.13. The Labute approximate surface area is 147 Å². The van der Waals surface area contributed by atoms with E-state index in [0.717, 1.165) is 43.5 Å². The average Bonchev–Trinajstić information content (AvgIpc) is 2.54. The highest BCUT2D eigenvalue weighted by Gasteiger charge is 2.23. The van der Waals surface area contributed by atoms with Crippen LogP contribution in [0.2, 0.25) is 0 Å². The Hall–Kier alpha value is -0.920. The van der Waals surface area contributed by atoms with Gasteiger partial charge in [-0.2, -0.15) is 0 Å². The smallest absolute Gasteiger partial charge is 0.341 e. The first kappa shape index (κ1) is 23.1. The monoisotopic (exact) mass is 363 g/mol. The minimum atomic E-state index is -4.06. The van der Waals surface area contributed by atoms with Crippen LogP contribution in [0.25, 0.3) is 0 Å². The minimum Gasteiger partial charge on any atom is -0.748 e. The number of nitrogens with zero attached hydrogens (tertiary/aromatic N) is 1. The lowest BCUT2D eigenvalue weighted by atomic mass is 10.2. The molecule has 1 aliphatic heterocycles. The summed E-state index contributed by atoms with van der Waals surface area (Å²) in [7, 11) is -4.06. The van der Waals surface area contributed by atoms with E-state index in [1.807, 2.05) is 0 Å². The van der Waals surface area contributed by atoms with Crippen LogP contribution in [0.15, 0.2) is 11.8 Å². The van der Waals surface area contributed by atoms with Gasteiger partial charge in [-0.05, 0) is 26.7 Å². The number of cyclic esters (lactones) is 1. The fourth-order valence-electron chi connectivity index (χ4n) is 2.60. The van der Waals surface area contributed by atoms with Crippen LogP contribution in [0.1, 0.15) is 59.8 Å². The van der Waals surface area contributed by atoms with Gasteiger partial charge >= 0.3 is 5.97 Å². The third kappa shape index (κ3) is 10.1. The molecular weight excluding hydrogens is 330 g/mol. The third-order valence-corrected chi connectivity index (χ3v) is 5.12. The minimum absolute atomic E-state index is 0.199. The average molecular weight is 364 g/mol. The van der Waals surface area contributed by atoms with E-state index in [9.17, 15) is 17.8 Å². The Morgan fingerprint density at radius 3 is 1.75 bits per heavy atom. The number of quaternary nitrogens is 1. The third-order valence-electron chi connectivity index (χ3n) is 4.33. The van der Waals surface area contributed by atoms with Crippen molar-refractivity contribution in [2.24, 2.45) is 0 Å². The van der Waals surface area contributed by atoms with Crippen LogP contribution in [0.3, 0.4) is 0 Å². The quantitative estimate of drug-likeness (QED) is 0.320. The molecule has 0 spiro atoms. The second-order valence-electron chi connectivity index (χ2n) is 6.36. The summed E-state index contributed by atoms with van der Waals surface area (Å²) < 4.78 is 37.2. The number of unbranched alkanes of at least 4 members (excludes halogenated alkanes) is 2. The van der Waals surface area contributed by atoms with Crippen LogP contribution in [-0.2, 0) is 19.6 Å². The van der Waals surface area contributed by atoms with Gasteiger partial charge < -0.3 is 13.8 Å². The van der Waals surface area contributed by atoms with Crippen molar-refractivity contribution < 1.29 is 27.0 Å². The summed E-state index contributed by atoms with van der Waals surface area (Å²) in [4.78, 5) is 9.94. The molecule has 6 nitrogen and oxygen atoms in total. The zero-order valence-corrected chi connectivity index (χ0v) is 16.4. The van der Waals surface area contributed by atoms with Crippen LogP contribution in [0.5, 0.6) is 0 Å². The number of hydrogen-bond donors (Lipinski definition) is 0. The molecule has 0 aliphatic carbocycles. The topological polar surface area (TPSA) is 83.5 Å². The van der Waals surface area contributed by atoms with Gasteiger partial charge in [0.1, 0.15) is 6.26 Å². The Bertz CT molecular complexity index is 491. The van der Waals surface area contributed by atoms with Crippen LogP contribution in [0, 0.1) is 0 Å². The standard InChI is InChI=1S/C13H29NO3S.C4H4O2/c1-4-7-10-14(6-3,11-8-5-2)12-9-13-18(15,16)17;1-3-2-6-4(3)5/h4-13H2,1-3H3;2H,1H3. The van der Waals surface area contributed by atoms with E-state index in [2.05, 4.69) is 25.5 Å². The van der Waals surface area contributed by atoms with Gasteiger partial charge in [-0.25, -0.2) is 13.2 Å². The van der Waals surface area contributed by atoms with Crippen molar-refractivity contribution in [2.45, 2.75) is 59.8 Å². The van der Waals surface area contributed by atoms with Gasteiger partial charge in [0.15, 0.2) is 0 Å². The van der Waals surface area contributed by atoms with Crippen molar-refractivity contribution in [1.29, 1.82) is 0 Å². The first-order valence-corrected chi connectivity index (χ1v) is 10.4. The molecule has 7 heteroatoms. The van der Waals surface area contributed by atoms with Gasteiger partial charge in [0.25, 0.3) is 0 Å². The molecule has 0 aromatic carbocycles. The summed E-state index contributed by atoms with van der Waals surface area (Å²) in [6, 6.07) is 0. The molecule has 0 radical (unpaired) electrons. The number of carbonyl (C=O) groups is 1. The molecule has 1 rings (SSSR count). The lowest BCUT2D eigenvalue weighted by molar-refractivity contribution is -0.927. The molecular formula is C17H33NO5S. The SMILES string of the molecule is CC1=COC1=O.CCCC[N+](CC)(CCCC)CCCS(=O)(=O)[O-]. The fourth-order valence-corrected chi connectivity index (χ4v) is 3.08. The number of rotatable bonds is 11. The van der Waals surface area contributed by atoms with Gasteiger partial charge in [0.05, 0.1) is 41.9 Å². The summed E-state index contributed by atoms with van der Waals surface area (Å²) in [6.07, 6.45) is 6.58. The molecule has 0 fully saturated rings. The molecule has 0 saturated heterocycles. The number of esters is 1. The van der Waals surface area contributed by atoms with E-state index in [1.54, 1.807) is 6.92 Å². The molecule has 142 valence electrons. The zero-order valence-electron chi connectivity index (χ0n) is 15.5. The summed E-state index contributed by atoms with van der Waals surface area (Å²) in [5.41, 5.74) is 0.704. The molecule has 1 heterocycles. The van der Waals surface area contributed by atoms with E-state index in [1.165, 1.54) is 19.1 Å². The van der Waals surface area contributed by atoms with Crippen molar-refractivity contribution in [3.8, 4) is 0 Å². The lowest BCUT2D eigenvalue weighted by Gasteiger charge is -2.38. The van der Waals surface area contributed by atoms with Gasteiger partial charge in [-0.15, -0.1) is 0 Å². The molecule has 0 aromatic rings. The van der Waals surface area contributed by atoms with Gasteiger partial charge in [0.2, 0.25) is 0 Å². The number of carbonyl (C=O) groups excluding carboxylic acids is 1. The van der Waals surface area contributed by atoms with Crippen LogP contribution >= 0.6 is 0 Å². The maximum atomic E-state index is 10.7. The Morgan fingerprint density at radius 1 is 1.04 bits per heavy atom. The maximum Gasteiger partial charge on any atom is 0.341 e. The molecule has 0 amide bonds. The lowest BCUT2D eigenvalue weighted by Crippen LogP contribution is -2.50. The summed E-state index contributed by atoms with van der Waals surface area (Å²) in [5.74, 6) is -0.416. The molecule has 0 N–H and O–H groups in total. The maximum absolute atomic E-state index is 10.7. The normalized spacial score (nSPS) is 14.2. The van der Waals surface area contributed by atoms with E-state index >= 15 is 0 Å². The van der Waals surface area contributed by atoms with E-state index < -0.39 is 10.1 Å². The van der Waals surface area contributed by atoms with Crippen molar-refractivity contribution in [3.05, 3.63) is 11.8 Å². The molecule has 24 heavy (non-hydrogen) atoms. The van der Waals surface area contributed by atoms with E-state index in [4.69, 9.17) is 0 Å². The molecule has 0 atom stereocenters.